The number of nitrogens with zero attached hydrogens (tertiary/aromatic N) is 9. The smallest absolute Gasteiger partial charge is 0.148 e. The zero-order valence-electron chi connectivity index (χ0n) is 50.1. The Morgan fingerprint density at radius 1 is 0.464 bits per heavy atom. The molecule has 0 unspecified atom stereocenters. The Bertz CT molecular complexity index is 4210. The molecule has 0 spiro atoms. The molecule has 12 rings (SSSR count). The first-order valence-corrected chi connectivity index (χ1v) is 27.9. The van der Waals surface area contributed by atoms with Crippen molar-refractivity contribution in [3.8, 4) is 67.2 Å². The van der Waals surface area contributed by atoms with Gasteiger partial charge in [-0.25, -0.2) is 15.0 Å². The summed E-state index contributed by atoms with van der Waals surface area (Å²) in [6.07, 6.45) is 6.12. The lowest BCUT2D eigenvalue weighted by Gasteiger charge is -2.22. The monoisotopic (exact) mass is 1120 g/mol. The van der Waals surface area contributed by atoms with E-state index in [2.05, 4.69) is 181 Å². The van der Waals surface area contributed by atoms with Crippen molar-refractivity contribution in [2.75, 3.05) is 22.5 Å². The molecule has 0 bridgehead atoms. The van der Waals surface area contributed by atoms with E-state index < -0.39 is 0 Å². The van der Waals surface area contributed by atoms with Gasteiger partial charge in [-0.3, -0.25) is 18.0 Å². The summed E-state index contributed by atoms with van der Waals surface area (Å²) >= 11 is 0. The summed E-state index contributed by atoms with van der Waals surface area (Å²) in [7, 11) is 0. The summed E-state index contributed by atoms with van der Waals surface area (Å²) < 4.78 is 22.1. The second-order valence-electron chi connectivity index (χ2n) is 23.3. The first-order chi connectivity index (χ1) is 39.5. The Kier molecular flexibility index (Phi) is 16.7. The van der Waals surface area contributed by atoms with Crippen LogP contribution in [0.25, 0.3) is 84.1 Å². The lowest BCUT2D eigenvalue weighted by Crippen LogP contribution is -2.27. The molecule has 0 atom stereocenters. The second kappa shape index (κ2) is 23.7. The number of rotatable bonds is 11. The fourth-order valence-electron chi connectivity index (χ4n) is 10.4. The molecular formula is C68H76N12O4. The molecule has 3 aromatic carbocycles. The van der Waals surface area contributed by atoms with Crippen molar-refractivity contribution in [1.82, 2.24) is 43.6 Å². The molecule has 0 saturated heterocycles. The van der Waals surface area contributed by atoms with Crippen molar-refractivity contribution in [3.05, 3.63) is 179 Å². The van der Waals surface area contributed by atoms with Gasteiger partial charge in [-0.2, -0.15) is 0 Å². The fraction of sp³-hybridized carbons (Fsp3) is 0.279. The lowest BCUT2D eigenvalue weighted by molar-refractivity contribution is -0.115. The van der Waals surface area contributed by atoms with Gasteiger partial charge in [0.15, 0.2) is 0 Å². The highest BCUT2D eigenvalue weighted by atomic mass is 16.5. The van der Waals surface area contributed by atoms with E-state index in [0.717, 1.165) is 141 Å². The van der Waals surface area contributed by atoms with Crippen molar-refractivity contribution in [3.63, 3.8) is 0 Å². The molecule has 0 radical (unpaired) electrons. The van der Waals surface area contributed by atoms with E-state index in [1.807, 2.05) is 94.6 Å². The summed E-state index contributed by atoms with van der Waals surface area (Å²) in [5.41, 5.74) is 19.8. The van der Waals surface area contributed by atoms with E-state index in [9.17, 15) is 4.79 Å². The third-order valence-electron chi connectivity index (χ3n) is 14.1. The normalized spacial score (nSPS) is 11.5. The average Bonchev–Trinajstić information content (AvgIpc) is 2.17. The van der Waals surface area contributed by atoms with Crippen LogP contribution in [0.15, 0.2) is 147 Å². The van der Waals surface area contributed by atoms with E-state index in [1.165, 1.54) is 5.56 Å². The van der Waals surface area contributed by atoms with Gasteiger partial charge in [0.05, 0.1) is 23.6 Å². The minimum atomic E-state index is -0.0783. The Balaban J connectivity index is 0.000000150. The van der Waals surface area contributed by atoms with Gasteiger partial charge in [-0.1, -0.05) is 114 Å². The lowest BCUT2D eigenvalue weighted by atomic mass is 10.0. The fourth-order valence-corrected chi connectivity index (χ4v) is 10.4. The Morgan fingerprint density at radius 3 is 1.30 bits per heavy atom. The molecule has 0 aliphatic carbocycles. The van der Waals surface area contributed by atoms with Gasteiger partial charge in [0.25, 0.3) is 0 Å². The van der Waals surface area contributed by atoms with E-state index in [0.29, 0.717) is 0 Å². The molecule has 0 fully saturated rings. The molecular weight excluding hydrogens is 1050 g/mol. The number of carbonyl (C=O) groups is 1. The number of carbonyl (C=O) groups excluding carboxylic acids is 1. The summed E-state index contributed by atoms with van der Waals surface area (Å²) in [4.78, 5) is 26.1. The number of anilines is 3. The maximum absolute atomic E-state index is 11.5. The number of benzene rings is 3. The maximum Gasteiger partial charge on any atom is 0.148 e. The van der Waals surface area contributed by atoms with Gasteiger partial charge in [-0.05, 0) is 156 Å². The molecule has 16 nitrogen and oxygen atoms in total. The molecule has 0 amide bonds. The molecule has 9 heterocycles. The summed E-state index contributed by atoms with van der Waals surface area (Å²) in [6, 6.07) is 39.2. The Labute approximate surface area is 491 Å². The Hall–Kier alpha value is -9.57. The van der Waals surface area contributed by atoms with Crippen LogP contribution in [-0.2, 0) is 4.79 Å². The van der Waals surface area contributed by atoms with Crippen LogP contribution >= 0.6 is 0 Å². The van der Waals surface area contributed by atoms with Crippen LogP contribution < -0.4 is 16.0 Å². The van der Waals surface area contributed by atoms with Gasteiger partial charge in [0, 0.05) is 63.0 Å². The van der Waals surface area contributed by atoms with Gasteiger partial charge < -0.3 is 29.5 Å². The van der Waals surface area contributed by atoms with Crippen LogP contribution in [0, 0.1) is 55.4 Å². The minimum Gasteiger partial charge on any atom is -0.365 e. The quantitative estimate of drug-likeness (QED) is 0.111. The van der Waals surface area contributed by atoms with Crippen molar-refractivity contribution in [1.29, 1.82) is 0 Å². The van der Waals surface area contributed by atoms with Gasteiger partial charge in [-0.15, -0.1) is 0 Å². The molecule has 16 heteroatoms. The first kappa shape index (κ1) is 59.1. The van der Waals surface area contributed by atoms with Gasteiger partial charge in [0.1, 0.15) is 74.5 Å². The van der Waals surface area contributed by atoms with E-state index >= 15 is 0 Å². The zero-order valence-corrected chi connectivity index (χ0v) is 50.1. The number of nitrogens with one attached hydrogen (secondary N) is 3. The maximum atomic E-state index is 11.5. The standard InChI is InChI=1S/2C23H26N4O.C21H20N4O2.CH4/c1-14-7-12-19-24-21(22(27(19)13-14)25-23(4,5)6)18-10-8-17(9-11-18)20-15(2)26-28-16(20)3;1-14-8-7-13-27-21(14)24-20(22(27)25-23(4,5)6)18-11-9-17(10-12-18)19-15(2)26-28-16(19)3;1-13(26)12-22-21-20(23-18-6-4-5-11-25(18)21)17-9-7-16(8-10-17)19-14(2)24-27-15(19)3;/h2*7-13,25H,1-6H3;4-11,22H,12H2,1-3H3;1H4. The predicted molar refractivity (Wildman–Crippen MR) is 339 cm³/mol. The van der Waals surface area contributed by atoms with Crippen molar-refractivity contribution >= 4 is 40.2 Å². The first-order valence-electron chi connectivity index (χ1n) is 27.9. The highest BCUT2D eigenvalue weighted by Crippen LogP contribution is 2.37. The van der Waals surface area contributed by atoms with Gasteiger partial charge >= 0.3 is 0 Å². The highest BCUT2D eigenvalue weighted by Gasteiger charge is 2.23. The number of aryl methyl sites for hydroxylation is 8. The van der Waals surface area contributed by atoms with Crippen LogP contribution in [0.1, 0.15) is 101 Å². The molecule has 12 aromatic rings. The minimum absolute atomic E-state index is 0. The number of imidazole rings is 3. The topological polar surface area (TPSA) is 183 Å². The third kappa shape index (κ3) is 12.4. The van der Waals surface area contributed by atoms with Crippen molar-refractivity contribution in [2.24, 2.45) is 0 Å². The number of Topliss-reactive ketones (excluding diaryl/α,β-unsaturated/α-hetero) is 1. The molecule has 0 aliphatic rings. The average molecular weight is 1130 g/mol. The van der Waals surface area contributed by atoms with Crippen LogP contribution in [0.4, 0.5) is 17.5 Å². The molecule has 0 saturated carbocycles. The van der Waals surface area contributed by atoms with E-state index in [-0.39, 0.29) is 30.8 Å². The summed E-state index contributed by atoms with van der Waals surface area (Å²) in [5, 5.41) is 22.6. The SMILES string of the molecule is C.CC(=O)CNc1c(-c2ccc(-c3c(C)noc3C)cc2)nc2ccccn12.Cc1ccc2nc(-c3ccc(-c4c(C)noc4C)cc3)c(NC(C)(C)C)n2c1.Cc1noc(C)c1-c1ccc(-c2nc3c(C)cccn3c2NC(C)(C)C)cc1. The van der Waals surface area contributed by atoms with Gasteiger partial charge in [0.2, 0.25) is 0 Å². The zero-order chi connectivity index (χ0) is 59.1. The molecule has 0 aliphatic heterocycles. The van der Waals surface area contributed by atoms with E-state index in [1.54, 1.807) is 6.92 Å². The molecule has 84 heavy (non-hydrogen) atoms. The molecule has 432 valence electrons. The number of hydrogen-bond acceptors (Lipinski definition) is 13. The number of aromatic nitrogens is 9. The van der Waals surface area contributed by atoms with E-state index in [4.69, 9.17) is 28.5 Å². The summed E-state index contributed by atoms with van der Waals surface area (Å²) in [5.74, 6) is 5.38. The molecule has 9 aromatic heterocycles. The highest BCUT2D eigenvalue weighted by molar-refractivity contribution is 5.85. The van der Waals surface area contributed by atoms with Crippen LogP contribution in [0.3, 0.4) is 0 Å². The number of hydrogen-bond donors (Lipinski definition) is 3. The van der Waals surface area contributed by atoms with Crippen LogP contribution in [0.2, 0.25) is 0 Å². The largest absolute Gasteiger partial charge is 0.365 e. The van der Waals surface area contributed by atoms with Crippen molar-refractivity contribution < 1.29 is 18.4 Å². The van der Waals surface area contributed by atoms with Crippen LogP contribution in [-0.4, -0.2) is 67.0 Å². The predicted octanol–water partition coefficient (Wildman–Crippen LogP) is 16.5. The molecule has 3 N–H and O–H groups in total. The van der Waals surface area contributed by atoms with Crippen molar-refractivity contribution in [2.45, 2.75) is 122 Å². The number of fused-ring (bicyclic) bond motifs is 3. The summed E-state index contributed by atoms with van der Waals surface area (Å²) in [6.45, 7) is 30.6. The third-order valence-corrected chi connectivity index (χ3v) is 14.1. The number of pyridine rings is 3. The van der Waals surface area contributed by atoms with Crippen LogP contribution in [0.5, 0.6) is 0 Å². The number of ketones is 1. The second-order valence-corrected chi connectivity index (χ2v) is 23.3. The Morgan fingerprint density at radius 2 is 0.869 bits per heavy atom.